The van der Waals surface area contributed by atoms with Gasteiger partial charge in [0.25, 0.3) is 6.43 Å². The molecule has 5 rings (SSSR count). The zero-order valence-electron chi connectivity index (χ0n) is 18.7. The highest BCUT2D eigenvalue weighted by Gasteiger charge is 2.21. The van der Waals surface area contributed by atoms with E-state index in [-0.39, 0.29) is 0 Å². The molecule has 0 bridgehead atoms. The van der Waals surface area contributed by atoms with Crippen molar-refractivity contribution in [1.29, 1.82) is 0 Å². The van der Waals surface area contributed by atoms with E-state index in [1.165, 1.54) is 4.68 Å². The van der Waals surface area contributed by atoms with E-state index in [0.717, 1.165) is 16.6 Å². The minimum absolute atomic E-state index is 0.306. The van der Waals surface area contributed by atoms with Gasteiger partial charge in [-0.05, 0) is 62.4 Å². The maximum absolute atomic E-state index is 13.0. The first-order valence-electron chi connectivity index (χ1n) is 10.8. The molecule has 0 spiro atoms. The summed E-state index contributed by atoms with van der Waals surface area (Å²) in [4.78, 5) is 8.93. The van der Waals surface area contributed by atoms with Gasteiger partial charge in [-0.3, -0.25) is 14.2 Å². The molecule has 0 aliphatic rings. The number of ether oxygens (including phenoxy) is 1. The molecule has 5 aromatic rings. The molecule has 0 aliphatic carbocycles. The van der Waals surface area contributed by atoms with E-state index in [1.807, 2.05) is 41.0 Å². The lowest BCUT2D eigenvalue weighted by Gasteiger charge is -2.19. The number of aliphatic hydroxyl groups is 1. The van der Waals surface area contributed by atoms with Crippen molar-refractivity contribution >= 4 is 22.1 Å². The van der Waals surface area contributed by atoms with E-state index < -0.39 is 18.6 Å². The number of alkyl halides is 2. The van der Waals surface area contributed by atoms with Crippen LogP contribution in [-0.4, -0.2) is 41.4 Å². The van der Waals surface area contributed by atoms with Crippen LogP contribution in [0.5, 0.6) is 11.8 Å². The maximum Gasteiger partial charge on any atom is 0.303 e. The number of rotatable bonds is 7. The molecule has 0 saturated heterocycles. The van der Waals surface area contributed by atoms with Crippen molar-refractivity contribution in [2.45, 2.75) is 39.0 Å². The average Bonchev–Trinajstić information content (AvgIpc) is 3.32. The summed E-state index contributed by atoms with van der Waals surface area (Å²) in [5.74, 6) is 0.542. The fourth-order valence-corrected chi connectivity index (χ4v) is 3.93. The number of hydrogen-bond acceptors (Lipinski definition) is 5. The quantitative estimate of drug-likeness (QED) is 0.356. The van der Waals surface area contributed by atoms with Gasteiger partial charge in [0.15, 0.2) is 0 Å². The number of imidazole rings is 1. The van der Waals surface area contributed by atoms with Crippen molar-refractivity contribution in [3.63, 3.8) is 0 Å². The van der Waals surface area contributed by atoms with Gasteiger partial charge in [0.2, 0.25) is 0 Å². The first-order chi connectivity index (χ1) is 16.3. The van der Waals surface area contributed by atoms with E-state index >= 15 is 0 Å². The van der Waals surface area contributed by atoms with Crippen LogP contribution in [0.4, 0.5) is 8.78 Å². The second-order valence-electron chi connectivity index (χ2n) is 8.70. The minimum Gasteiger partial charge on any atom is -0.425 e. The summed E-state index contributed by atoms with van der Waals surface area (Å²) >= 11 is 0. The number of para-hydroxylation sites is 2. The molecular weight excluding hydrogens is 440 g/mol. The molecule has 0 saturated carbocycles. The standard InChI is InChI=1S/C25H23F2N5O2/c1-25(2,33)15-31-19-7-4-3-6-18(19)29-24(31)34-17-11-9-16(10-12-17)22-23-20(8-5-13-28-23)32(30-22)14-21(26)27/h3-13,21,33H,14-15H2,1-2H3. The van der Waals surface area contributed by atoms with Gasteiger partial charge in [0.05, 0.1) is 28.7 Å². The fourth-order valence-electron chi connectivity index (χ4n) is 3.93. The van der Waals surface area contributed by atoms with Gasteiger partial charge in [-0.25, -0.2) is 8.78 Å². The Kier molecular flexibility index (Phi) is 5.49. The maximum atomic E-state index is 13.0. The lowest BCUT2D eigenvalue weighted by Crippen LogP contribution is -2.26. The predicted molar refractivity (Wildman–Crippen MR) is 125 cm³/mol. The molecule has 3 heterocycles. The summed E-state index contributed by atoms with van der Waals surface area (Å²) in [7, 11) is 0. The number of nitrogens with zero attached hydrogens (tertiary/aromatic N) is 5. The molecule has 0 atom stereocenters. The number of hydrogen-bond donors (Lipinski definition) is 1. The highest BCUT2D eigenvalue weighted by Crippen LogP contribution is 2.31. The summed E-state index contributed by atoms with van der Waals surface area (Å²) < 4.78 is 35.2. The second-order valence-corrected chi connectivity index (χ2v) is 8.70. The summed E-state index contributed by atoms with van der Waals surface area (Å²) in [6.07, 6.45) is -0.903. The lowest BCUT2D eigenvalue weighted by molar-refractivity contribution is 0.0606. The third-order valence-corrected chi connectivity index (χ3v) is 5.32. The Hall–Kier alpha value is -3.85. The van der Waals surface area contributed by atoms with Crippen molar-refractivity contribution < 1.29 is 18.6 Å². The Morgan fingerprint density at radius 3 is 2.47 bits per heavy atom. The monoisotopic (exact) mass is 463 g/mol. The summed E-state index contributed by atoms with van der Waals surface area (Å²) in [6.45, 7) is 3.26. The van der Waals surface area contributed by atoms with Crippen LogP contribution in [0.2, 0.25) is 0 Å². The van der Waals surface area contributed by atoms with Crippen LogP contribution in [0.25, 0.3) is 33.3 Å². The molecular formula is C25H23F2N5O2. The number of fused-ring (bicyclic) bond motifs is 2. The first-order valence-corrected chi connectivity index (χ1v) is 10.8. The number of halogens is 2. The highest BCUT2D eigenvalue weighted by molar-refractivity contribution is 5.89. The van der Waals surface area contributed by atoms with E-state index in [4.69, 9.17) is 4.74 Å². The largest absolute Gasteiger partial charge is 0.425 e. The predicted octanol–water partition coefficient (Wildman–Crippen LogP) is 5.28. The second kappa shape index (κ2) is 8.49. The molecule has 3 aromatic heterocycles. The van der Waals surface area contributed by atoms with Gasteiger partial charge in [0, 0.05) is 11.8 Å². The first kappa shape index (κ1) is 22.0. The zero-order valence-corrected chi connectivity index (χ0v) is 18.7. The molecule has 1 N–H and O–H groups in total. The lowest BCUT2D eigenvalue weighted by atomic mass is 10.1. The third kappa shape index (κ3) is 4.34. The van der Waals surface area contributed by atoms with Crippen molar-refractivity contribution in [3.8, 4) is 23.0 Å². The third-order valence-electron chi connectivity index (χ3n) is 5.32. The summed E-state index contributed by atoms with van der Waals surface area (Å²) in [5.41, 5.74) is 3.03. The molecule has 2 aromatic carbocycles. The van der Waals surface area contributed by atoms with Gasteiger partial charge in [0.1, 0.15) is 23.5 Å². The van der Waals surface area contributed by atoms with Gasteiger partial charge in [-0.15, -0.1) is 0 Å². The summed E-state index contributed by atoms with van der Waals surface area (Å²) in [5, 5.41) is 14.8. The molecule has 0 unspecified atom stereocenters. The Bertz CT molecular complexity index is 1450. The van der Waals surface area contributed by atoms with Gasteiger partial charge >= 0.3 is 6.01 Å². The molecule has 0 radical (unpaired) electrons. The van der Waals surface area contributed by atoms with Crippen molar-refractivity contribution in [3.05, 3.63) is 66.9 Å². The van der Waals surface area contributed by atoms with E-state index in [0.29, 0.717) is 35.0 Å². The molecule has 7 nitrogen and oxygen atoms in total. The van der Waals surface area contributed by atoms with Crippen LogP contribution in [-0.2, 0) is 13.1 Å². The van der Waals surface area contributed by atoms with E-state index in [1.54, 1.807) is 44.3 Å². The van der Waals surface area contributed by atoms with Gasteiger partial charge in [-0.2, -0.15) is 10.1 Å². The smallest absolute Gasteiger partial charge is 0.303 e. The van der Waals surface area contributed by atoms with Crippen LogP contribution in [0.3, 0.4) is 0 Å². The van der Waals surface area contributed by atoms with Crippen LogP contribution in [0, 0.1) is 0 Å². The Balaban J connectivity index is 1.48. The SMILES string of the molecule is CC(C)(O)Cn1c(Oc2ccc(-c3nn(CC(F)F)c4cccnc34)cc2)nc2ccccc21. The Labute approximate surface area is 194 Å². The van der Waals surface area contributed by atoms with E-state index in [9.17, 15) is 13.9 Å². The highest BCUT2D eigenvalue weighted by atomic mass is 19.3. The minimum atomic E-state index is -2.52. The molecule has 0 fully saturated rings. The van der Waals surface area contributed by atoms with Crippen LogP contribution < -0.4 is 4.74 Å². The fraction of sp³-hybridized carbons (Fsp3) is 0.240. The number of benzene rings is 2. The van der Waals surface area contributed by atoms with E-state index in [2.05, 4.69) is 15.1 Å². The number of aromatic nitrogens is 5. The van der Waals surface area contributed by atoms with Crippen molar-refractivity contribution in [1.82, 2.24) is 24.3 Å². The molecule has 0 amide bonds. The molecule has 0 aliphatic heterocycles. The molecule has 174 valence electrons. The van der Waals surface area contributed by atoms with Gasteiger partial charge in [-0.1, -0.05) is 12.1 Å². The van der Waals surface area contributed by atoms with Crippen molar-refractivity contribution in [2.75, 3.05) is 0 Å². The van der Waals surface area contributed by atoms with Gasteiger partial charge < -0.3 is 9.84 Å². The molecule has 9 heteroatoms. The summed E-state index contributed by atoms with van der Waals surface area (Å²) in [6, 6.07) is 18.6. The van der Waals surface area contributed by atoms with Crippen molar-refractivity contribution in [2.24, 2.45) is 0 Å². The van der Waals surface area contributed by atoms with Crippen LogP contribution >= 0.6 is 0 Å². The zero-order chi connectivity index (χ0) is 23.9. The van der Waals surface area contributed by atoms with Crippen LogP contribution in [0.1, 0.15) is 13.8 Å². The topological polar surface area (TPSA) is 78.0 Å². The molecule has 34 heavy (non-hydrogen) atoms. The number of pyridine rings is 1. The normalized spacial score (nSPS) is 12.2. The van der Waals surface area contributed by atoms with Crippen LogP contribution in [0.15, 0.2) is 66.9 Å². The average molecular weight is 463 g/mol. The Morgan fingerprint density at radius 1 is 1.00 bits per heavy atom. The Morgan fingerprint density at radius 2 is 1.74 bits per heavy atom.